The zero-order valence-electron chi connectivity index (χ0n) is 8.83. The molecule has 0 amide bonds. The van der Waals surface area contributed by atoms with Crippen LogP contribution in [0.1, 0.15) is 18.4 Å². The largest absolute Gasteiger partial charge is 0.366 e. The van der Waals surface area contributed by atoms with Crippen LogP contribution in [-0.2, 0) is 0 Å². The van der Waals surface area contributed by atoms with Crippen molar-refractivity contribution in [2.24, 2.45) is 5.92 Å². The predicted octanol–water partition coefficient (Wildman–Crippen LogP) is 3.53. The van der Waals surface area contributed by atoms with Crippen LogP contribution in [0, 0.1) is 12.8 Å². The van der Waals surface area contributed by atoms with Gasteiger partial charge in [0, 0.05) is 17.2 Å². The summed E-state index contributed by atoms with van der Waals surface area (Å²) < 4.78 is 1.03. The number of aryl methyl sites for hydroxylation is 1. The maximum absolute atomic E-state index is 4.32. The number of rotatable bonds is 4. The normalized spacial score (nSPS) is 15.9. The Morgan fingerprint density at radius 3 is 3.07 bits per heavy atom. The van der Waals surface area contributed by atoms with Gasteiger partial charge in [0.15, 0.2) is 0 Å². The molecule has 3 heteroatoms. The first-order valence-corrected chi connectivity index (χ1v) is 6.07. The van der Waals surface area contributed by atoms with Gasteiger partial charge >= 0.3 is 0 Å². The van der Waals surface area contributed by atoms with E-state index in [9.17, 15) is 0 Å². The van der Waals surface area contributed by atoms with Crippen LogP contribution in [0.2, 0.25) is 0 Å². The molecule has 0 radical (unpaired) electrons. The summed E-state index contributed by atoms with van der Waals surface area (Å²) in [5.74, 6) is 1.82. The van der Waals surface area contributed by atoms with E-state index in [2.05, 4.69) is 51.4 Å². The number of aromatic nitrogens is 1. The highest BCUT2D eigenvalue weighted by Gasteiger charge is 2.16. The molecule has 1 fully saturated rings. The summed E-state index contributed by atoms with van der Waals surface area (Å²) in [7, 11) is 0. The van der Waals surface area contributed by atoms with Crippen LogP contribution >= 0.6 is 15.9 Å². The van der Waals surface area contributed by atoms with Crippen LogP contribution in [0.25, 0.3) is 0 Å². The van der Waals surface area contributed by atoms with Crippen LogP contribution < -0.4 is 5.32 Å². The van der Waals surface area contributed by atoms with E-state index in [4.69, 9.17) is 0 Å². The Kier molecular flexibility index (Phi) is 3.41. The summed E-state index contributed by atoms with van der Waals surface area (Å²) >= 11 is 3.40. The third-order valence-corrected chi connectivity index (χ3v) is 2.90. The summed E-state index contributed by atoms with van der Waals surface area (Å²) in [6.07, 6.45) is 9.04. The Morgan fingerprint density at radius 2 is 2.40 bits per heavy atom. The first kappa shape index (κ1) is 10.7. The Labute approximate surface area is 98.9 Å². The van der Waals surface area contributed by atoms with Gasteiger partial charge in [-0.3, -0.25) is 0 Å². The van der Waals surface area contributed by atoms with E-state index in [-0.39, 0.29) is 0 Å². The van der Waals surface area contributed by atoms with Gasteiger partial charge in [-0.15, -0.1) is 0 Å². The number of nitrogens with one attached hydrogen (secondary N) is 1. The highest BCUT2D eigenvalue weighted by molar-refractivity contribution is 9.10. The minimum absolute atomic E-state index is 0.853. The van der Waals surface area contributed by atoms with Gasteiger partial charge in [-0.2, -0.15) is 0 Å². The molecule has 0 saturated heterocycles. The summed E-state index contributed by atoms with van der Waals surface area (Å²) in [6.45, 7) is 2.93. The number of halogens is 1. The highest BCUT2D eigenvalue weighted by Crippen LogP contribution is 2.29. The molecule has 1 heterocycles. The third-order valence-electron chi connectivity index (χ3n) is 2.46. The minimum Gasteiger partial charge on any atom is -0.366 e. The summed E-state index contributed by atoms with van der Waals surface area (Å²) in [5, 5.41) is 3.30. The molecule has 2 nitrogen and oxygen atoms in total. The van der Waals surface area contributed by atoms with Crippen LogP contribution in [0.15, 0.2) is 28.9 Å². The molecule has 0 spiro atoms. The number of allylic oxidation sites excluding steroid dienone is 1. The number of anilines is 1. The maximum Gasteiger partial charge on any atom is 0.129 e. The zero-order valence-corrected chi connectivity index (χ0v) is 10.4. The van der Waals surface area contributed by atoms with E-state index < -0.39 is 0 Å². The lowest BCUT2D eigenvalue weighted by molar-refractivity contribution is 1.10. The van der Waals surface area contributed by atoms with Gasteiger partial charge in [0.1, 0.15) is 5.82 Å². The van der Waals surface area contributed by atoms with Crippen molar-refractivity contribution in [1.82, 2.24) is 4.98 Å². The van der Waals surface area contributed by atoms with E-state index >= 15 is 0 Å². The average Bonchev–Trinajstić information content (AvgIpc) is 2.99. The average molecular weight is 267 g/mol. The number of hydrogen-bond acceptors (Lipinski definition) is 2. The molecule has 1 aliphatic carbocycles. The molecule has 1 aromatic rings. The molecule has 2 rings (SSSR count). The molecule has 15 heavy (non-hydrogen) atoms. The van der Waals surface area contributed by atoms with Crippen LogP contribution in [-0.4, -0.2) is 11.5 Å². The quantitative estimate of drug-likeness (QED) is 0.844. The smallest absolute Gasteiger partial charge is 0.129 e. The van der Waals surface area contributed by atoms with Crippen molar-refractivity contribution in [2.45, 2.75) is 19.8 Å². The fourth-order valence-electron chi connectivity index (χ4n) is 1.43. The number of nitrogens with zero attached hydrogens (tertiary/aromatic N) is 1. The third kappa shape index (κ3) is 3.34. The fourth-order valence-corrected chi connectivity index (χ4v) is 1.88. The SMILES string of the molecule is Cc1cc(Br)cnc1NC/C=C/C1CC1. The topological polar surface area (TPSA) is 24.9 Å². The summed E-state index contributed by atoms with van der Waals surface area (Å²) in [6, 6.07) is 2.07. The van der Waals surface area contributed by atoms with Gasteiger partial charge < -0.3 is 5.32 Å². The molecule has 80 valence electrons. The highest BCUT2D eigenvalue weighted by atomic mass is 79.9. The lowest BCUT2D eigenvalue weighted by Gasteiger charge is -2.05. The van der Waals surface area contributed by atoms with Crippen molar-refractivity contribution < 1.29 is 0 Å². The first-order chi connectivity index (χ1) is 7.25. The molecule has 0 atom stereocenters. The lowest BCUT2D eigenvalue weighted by atomic mass is 10.3. The van der Waals surface area contributed by atoms with Crippen LogP contribution in [0.5, 0.6) is 0 Å². The van der Waals surface area contributed by atoms with Crippen molar-refractivity contribution in [3.05, 3.63) is 34.5 Å². The Hall–Kier alpha value is -0.830. The Morgan fingerprint density at radius 1 is 1.60 bits per heavy atom. The second-order valence-electron chi connectivity index (χ2n) is 3.97. The molecule has 1 saturated carbocycles. The van der Waals surface area contributed by atoms with E-state index in [0.29, 0.717) is 0 Å². The fraction of sp³-hybridized carbons (Fsp3) is 0.417. The van der Waals surface area contributed by atoms with E-state index in [1.54, 1.807) is 0 Å². The minimum atomic E-state index is 0.853. The van der Waals surface area contributed by atoms with E-state index in [1.807, 2.05) is 6.20 Å². The second-order valence-corrected chi connectivity index (χ2v) is 4.88. The van der Waals surface area contributed by atoms with Crippen molar-refractivity contribution in [1.29, 1.82) is 0 Å². The molecule has 0 bridgehead atoms. The molecular formula is C12H15BrN2. The molecular weight excluding hydrogens is 252 g/mol. The molecule has 0 aliphatic heterocycles. The zero-order chi connectivity index (χ0) is 10.7. The van der Waals surface area contributed by atoms with Crippen molar-refractivity contribution in [2.75, 3.05) is 11.9 Å². The Bertz CT molecular complexity index is 370. The molecule has 1 aromatic heterocycles. The first-order valence-electron chi connectivity index (χ1n) is 5.28. The van der Waals surface area contributed by atoms with Crippen LogP contribution in [0.3, 0.4) is 0 Å². The van der Waals surface area contributed by atoms with E-state index in [0.717, 1.165) is 22.8 Å². The maximum atomic E-state index is 4.32. The van der Waals surface area contributed by atoms with Gasteiger partial charge in [-0.1, -0.05) is 12.2 Å². The molecule has 0 aromatic carbocycles. The van der Waals surface area contributed by atoms with Crippen molar-refractivity contribution in [3.63, 3.8) is 0 Å². The number of pyridine rings is 1. The van der Waals surface area contributed by atoms with E-state index in [1.165, 1.54) is 18.4 Å². The van der Waals surface area contributed by atoms with Gasteiger partial charge in [0.25, 0.3) is 0 Å². The predicted molar refractivity (Wildman–Crippen MR) is 67.0 cm³/mol. The summed E-state index contributed by atoms with van der Waals surface area (Å²) in [5.41, 5.74) is 1.17. The molecule has 1 N–H and O–H groups in total. The molecule has 0 unspecified atom stereocenters. The standard InChI is InChI=1S/C12H15BrN2/c1-9-7-11(13)8-15-12(9)14-6-2-3-10-4-5-10/h2-3,7-8,10H,4-6H2,1H3,(H,14,15)/b3-2+. The van der Waals surface area contributed by atoms with Gasteiger partial charge in [0.2, 0.25) is 0 Å². The second kappa shape index (κ2) is 4.79. The summed E-state index contributed by atoms with van der Waals surface area (Å²) in [4.78, 5) is 4.32. The van der Waals surface area contributed by atoms with Crippen molar-refractivity contribution in [3.8, 4) is 0 Å². The van der Waals surface area contributed by atoms with Gasteiger partial charge in [0.05, 0.1) is 0 Å². The monoisotopic (exact) mass is 266 g/mol. The van der Waals surface area contributed by atoms with Crippen LogP contribution in [0.4, 0.5) is 5.82 Å². The Balaban J connectivity index is 1.86. The number of hydrogen-bond donors (Lipinski definition) is 1. The van der Waals surface area contributed by atoms with Crippen molar-refractivity contribution >= 4 is 21.7 Å². The molecule has 1 aliphatic rings. The van der Waals surface area contributed by atoms with Gasteiger partial charge in [-0.25, -0.2) is 4.98 Å². The lowest BCUT2D eigenvalue weighted by Crippen LogP contribution is -2.02. The van der Waals surface area contributed by atoms with Gasteiger partial charge in [-0.05, 0) is 53.2 Å².